The molecule has 1 aromatic carbocycles. The Hall–Kier alpha value is -2.94. The highest BCUT2D eigenvalue weighted by molar-refractivity contribution is 7.91. The first-order valence-corrected chi connectivity index (χ1v) is 10.5. The number of ether oxygens (including phenoxy) is 1. The SMILES string of the molecule is COC(=O)c1ccc(C=CC(=O)Nc2cc(C)nn2C2CCS(=O)(=O)C2)cc1. The fourth-order valence-corrected chi connectivity index (χ4v) is 4.74. The Kier molecular flexibility index (Phi) is 5.64. The van der Waals surface area contributed by atoms with Gasteiger partial charge >= 0.3 is 5.97 Å². The molecule has 8 nitrogen and oxygen atoms in total. The van der Waals surface area contributed by atoms with Crippen LogP contribution in [-0.2, 0) is 19.4 Å². The van der Waals surface area contributed by atoms with E-state index in [4.69, 9.17) is 0 Å². The summed E-state index contributed by atoms with van der Waals surface area (Å²) in [6.45, 7) is 1.79. The normalized spacial score (nSPS) is 18.3. The maximum atomic E-state index is 12.3. The summed E-state index contributed by atoms with van der Waals surface area (Å²) in [6, 6.07) is 8.07. The van der Waals surface area contributed by atoms with Gasteiger partial charge in [-0.25, -0.2) is 17.9 Å². The zero-order chi connectivity index (χ0) is 20.3. The van der Waals surface area contributed by atoms with Crippen molar-refractivity contribution in [2.24, 2.45) is 0 Å². The molecule has 1 aromatic heterocycles. The van der Waals surface area contributed by atoms with E-state index in [1.807, 2.05) is 0 Å². The minimum atomic E-state index is -3.06. The molecule has 2 heterocycles. The molecular weight excluding hydrogens is 382 g/mol. The van der Waals surface area contributed by atoms with Crippen LogP contribution < -0.4 is 5.32 Å². The zero-order valence-electron chi connectivity index (χ0n) is 15.6. The summed E-state index contributed by atoms with van der Waals surface area (Å²) >= 11 is 0. The van der Waals surface area contributed by atoms with Gasteiger partial charge in [-0.1, -0.05) is 12.1 Å². The first kappa shape index (κ1) is 19.8. The van der Waals surface area contributed by atoms with Crippen LogP contribution in [0.1, 0.15) is 34.1 Å². The van der Waals surface area contributed by atoms with E-state index in [0.717, 1.165) is 5.56 Å². The van der Waals surface area contributed by atoms with Gasteiger partial charge in [0.05, 0.1) is 35.9 Å². The number of aryl methyl sites for hydroxylation is 1. The molecule has 2 aromatic rings. The van der Waals surface area contributed by atoms with Crippen LogP contribution in [0.5, 0.6) is 0 Å². The molecule has 1 saturated heterocycles. The predicted molar refractivity (Wildman–Crippen MR) is 105 cm³/mol. The van der Waals surface area contributed by atoms with Crippen LogP contribution >= 0.6 is 0 Å². The summed E-state index contributed by atoms with van der Waals surface area (Å²) in [5, 5.41) is 7.08. The Balaban J connectivity index is 1.68. The van der Waals surface area contributed by atoms with Crippen LogP contribution in [-0.4, -0.2) is 48.7 Å². The van der Waals surface area contributed by atoms with Crippen molar-refractivity contribution in [3.8, 4) is 0 Å². The van der Waals surface area contributed by atoms with Crippen molar-refractivity contribution in [3.05, 3.63) is 53.2 Å². The van der Waals surface area contributed by atoms with Crippen molar-refractivity contribution in [1.29, 1.82) is 0 Å². The fraction of sp³-hybridized carbons (Fsp3) is 0.316. The molecule has 1 aliphatic rings. The predicted octanol–water partition coefficient (Wildman–Crippen LogP) is 1.99. The molecular formula is C19H21N3O5S. The molecule has 1 N–H and O–H groups in total. The van der Waals surface area contributed by atoms with Crippen molar-refractivity contribution in [2.45, 2.75) is 19.4 Å². The molecule has 0 aliphatic carbocycles. The number of benzene rings is 1. The topological polar surface area (TPSA) is 107 Å². The second kappa shape index (κ2) is 7.97. The zero-order valence-corrected chi connectivity index (χ0v) is 16.4. The largest absolute Gasteiger partial charge is 0.465 e. The maximum Gasteiger partial charge on any atom is 0.337 e. The number of nitrogens with zero attached hydrogens (tertiary/aromatic N) is 2. The molecule has 1 fully saturated rings. The van der Waals surface area contributed by atoms with Crippen molar-refractivity contribution < 1.29 is 22.7 Å². The van der Waals surface area contributed by atoms with E-state index in [-0.39, 0.29) is 23.5 Å². The van der Waals surface area contributed by atoms with E-state index in [1.54, 1.807) is 48.0 Å². The number of nitrogens with one attached hydrogen (secondary N) is 1. The third-order valence-electron chi connectivity index (χ3n) is 4.42. The highest BCUT2D eigenvalue weighted by atomic mass is 32.2. The number of amides is 1. The summed E-state index contributed by atoms with van der Waals surface area (Å²) in [4.78, 5) is 23.7. The molecule has 9 heteroatoms. The van der Waals surface area contributed by atoms with Crippen molar-refractivity contribution in [1.82, 2.24) is 9.78 Å². The fourth-order valence-electron chi connectivity index (χ4n) is 3.04. The molecule has 0 saturated carbocycles. The van der Waals surface area contributed by atoms with E-state index in [0.29, 0.717) is 23.5 Å². The van der Waals surface area contributed by atoms with E-state index in [1.165, 1.54) is 13.2 Å². The molecule has 1 unspecified atom stereocenters. The second-order valence-corrected chi connectivity index (χ2v) is 8.84. The van der Waals surface area contributed by atoms with Crippen LogP contribution in [0.4, 0.5) is 5.82 Å². The lowest BCUT2D eigenvalue weighted by atomic mass is 10.1. The average molecular weight is 403 g/mol. The maximum absolute atomic E-state index is 12.3. The monoisotopic (exact) mass is 403 g/mol. The van der Waals surface area contributed by atoms with Crippen molar-refractivity contribution in [2.75, 3.05) is 23.9 Å². The van der Waals surface area contributed by atoms with Crippen LogP contribution in [0.25, 0.3) is 6.08 Å². The highest BCUT2D eigenvalue weighted by Gasteiger charge is 2.31. The molecule has 3 rings (SSSR count). The molecule has 1 atom stereocenters. The summed E-state index contributed by atoms with van der Waals surface area (Å²) in [5.74, 6) is -0.162. The molecule has 148 valence electrons. The highest BCUT2D eigenvalue weighted by Crippen LogP contribution is 2.27. The van der Waals surface area contributed by atoms with Gasteiger partial charge in [0.25, 0.3) is 0 Å². The van der Waals surface area contributed by atoms with Gasteiger partial charge in [-0.15, -0.1) is 0 Å². The molecule has 0 radical (unpaired) electrons. The minimum Gasteiger partial charge on any atom is -0.465 e. The van der Waals surface area contributed by atoms with E-state index in [2.05, 4.69) is 15.2 Å². The Morgan fingerprint density at radius 3 is 2.61 bits per heavy atom. The first-order chi connectivity index (χ1) is 13.3. The van der Waals surface area contributed by atoms with E-state index >= 15 is 0 Å². The standard InChI is InChI=1S/C19H21N3O5S/c1-13-11-17(22(21-13)16-9-10-28(25,26)12-16)20-18(23)8-5-14-3-6-15(7-4-14)19(24)27-2/h3-8,11,16H,9-10,12H2,1-2H3,(H,20,23). The van der Waals surface area contributed by atoms with Gasteiger partial charge in [0.1, 0.15) is 5.82 Å². The Morgan fingerprint density at radius 2 is 2.00 bits per heavy atom. The molecule has 1 amide bonds. The van der Waals surface area contributed by atoms with Crippen LogP contribution in [0.3, 0.4) is 0 Å². The number of carbonyl (C=O) groups excluding carboxylic acids is 2. The van der Waals surface area contributed by atoms with Crippen molar-refractivity contribution >= 4 is 33.6 Å². The lowest BCUT2D eigenvalue weighted by molar-refractivity contribution is -0.111. The summed E-state index contributed by atoms with van der Waals surface area (Å²) in [7, 11) is -1.74. The molecule has 0 bridgehead atoms. The number of methoxy groups -OCH3 is 1. The number of carbonyl (C=O) groups is 2. The number of anilines is 1. The first-order valence-electron chi connectivity index (χ1n) is 8.71. The van der Waals surface area contributed by atoms with Gasteiger partial charge in [-0.05, 0) is 37.1 Å². The van der Waals surface area contributed by atoms with Crippen LogP contribution in [0.2, 0.25) is 0 Å². The van der Waals surface area contributed by atoms with Gasteiger partial charge in [0, 0.05) is 12.1 Å². The number of sulfone groups is 1. The van der Waals surface area contributed by atoms with Gasteiger partial charge in [-0.2, -0.15) is 5.10 Å². The second-order valence-electron chi connectivity index (χ2n) is 6.61. The van der Waals surface area contributed by atoms with Crippen molar-refractivity contribution in [3.63, 3.8) is 0 Å². The van der Waals surface area contributed by atoms with E-state index < -0.39 is 15.8 Å². The van der Waals surface area contributed by atoms with Crippen LogP contribution in [0, 0.1) is 6.92 Å². The van der Waals surface area contributed by atoms with Crippen LogP contribution in [0.15, 0.2) is 36.4 Å². The third-order valence-corrected chi connectivity index (χ3v) is 6.17. The Bertz CT molecular complexity index is 1020. The van der Waals surface area contributed by atoms with Gasteiger partial charge < -0.3 is 10.1 Å². The van der Waals surface area contributed by atoms with Gasteiger partial charge in [-0.3, -0.25) is 4.79 Å². The average Bonchev–Trinajstić information content (AvgIpc) is 3.21. The third kappa shape index (κ3) is 4.66. The number of rotatable bonds is 5. The summed E-state index contributed by atoms with van der Waals surface area (Å²) in [5.41, 5.74) is 1.87. The molecule has 0 spiro atoms. The lowest BCUT2D eigenvalue weighted by Gasteiger charge is -2.13. The van der Waals surface area contributed by atoms with Gasteiger partial charge in [0.15, 0.2) is 9.84 Å². The smallest absolute Gasteiger partial charge is 0.337 e. The number of aromatic nitrogens is 2. The number of hydrogen-bond acceptors (Lipinski definition) is 6. The molecule has 1 aliphatic heterocycles. The Morgan fingerprint density at radius 1 is 1.29 bits per heavy atom. The van der Waals surface area contributed by atoms with E-state index in [9.17, 15) is 18.0 Å². The summed E-state index contributed by atoms with van der Waals surface area (Å²) in [6.07, 6.45) is 3.46. The summed E-state index contributed by atoms with van der Waals surface area (Å²) < 4.78 is 29.7. The quantitative estimate of drug-likeness (QED) is 0.604. The number of hydrogen-bond donors (Lipinski definition) is 1. The minimum absolute atomic E-state index is 0.0272. The Labute approximate surface area is 163 Å². The lowest BCUT2D eigenvalue weighted by Crippen LogP contribution is -2.18. The number of esters is 1. The molecule has 28 heavy (non-hydrogen) atoms. The van der Waals surface area contributed by atoms with Gasteiger partial charge in [0.2, 0.25) is 5.91 Å².